The normalized spacial score (nSPS) is 11.9. The van der Waals surface area contributed by atoms with Gasteiger partial charge in [0, 0.05) is 49.4 Å². The van der Waals surface area contributed by atoms with Gasteiger partial charge in [-0.05, 0) is 48.2 Å². The van der Waals surface area contributed by atoms with Crippen LogP contribution in [0.5, 0.6) is 11.5 Å². The lowest BCUT2D eigenvalue weighted by Gasteiger charge is -2.14. The summed E-state index contributed by atoms with van der Waals surface area (Å²) >= 11 is 0. The highest BCUT2D eigenvalue weighted by molar-refractivity contribution is 7.91. The van der Waals surface area contributed by atoms with Crippen LogP contribution in [0.15, 0.2) is 102 Å². The minimum Gasteiger partial charge on any atom is -0.466 e. The summed E-state index contributed by atoms with van der Waals surface area (Å²) in [4.78, 5) is 16.0. The van der Waals surface area contributed by atoms with Crippen molar-refractivity contribution in [3.8, 4) is 22.9 Å². The number of rotatable bonds is 13. The molecule has 0 aliphatic heterocycles. The van der Waals surface area contributed by atoms with E-state index in [2.05, 4.69) is 5.10 Å². The highest BCUT2D eigenvalue weighted by atomic mass is 32.2. The summed E-state index contributed by atoms with van der Waals surface area (Å²) in [5.41, 5.74) is 2.92. The predicted molar refractivity (Wildman–Crippen MR) is 190 cm³/mol. The van der Waals surface area contributed by atoms with E-state index in [4.69, 9.17) is 14.5 Å². The van der Waals surface area contributed by atoms with Crippen molar-refractivity contribution in [2.75, 3.05) is 12.9 Å². The summed E-state index contributed by atoms with van der Waals surface area (Å²) in [6, 6.07) is 25.1. The predicted octanol–water partition coefficient (Wildman–Crippen LogP) is 6.24. The lowest BCUT2D eigenvalue weighted by molar-refractivity contribution is -0.143. The number of fused-ring (bicyclic) bond motifs is 1. The molecule has 0 spiro atoms. The van der Waals surface area contributed by atoms with Crippen molar-refractivity contribution in [2.45, 2.75) is 36.8 Å². The van der Waals surface area contributed by atoms with E-state index in [0.717, 1.165) is 27.4 Å². The Morgan fingerprint density at radius 3 is 2.35 bits per heavy atom. The topological polar surface area (TPSA) is 139 Å². The maximum absolute atomic E-state index is 15.9. The number of carbonyl (C=O) groups is 1. The lowest BCUT2D eigenvalue weighted by atomic mass is 10.0. The van der Waals surface area contributed by atoms with E-state index in [9.17, 15) is 21.6 Å². The number of halogens is 1. The molecule has 0 unspecified atom stereocenters. The zero-order valence-corrected chi connectivity index (χ0v) is 29.7. The Balaban J connectivity index is 1.27. The molecule has 4 aromatic carbocycles. The van der Waals surface area contributed by atoms with Gasteiger partial charge in [-0.2, -0.15) is 5.10 Å². The SMILES string of the molecule is CCOC(=O)CCc1cccc(Cc2nc(-c3cccc(Oc4c(F)cc5c(ccn5S(=O)(=O)Cc5ccccc5)c4S(C)(=O)=O)c3)nn2C)c1. The van der Waals surface area contributed by atoms with Gasteiger partial charge in [0.2, 0.25) is 10.0 Å². The number of hydrogen-bond donors (Lipinski definition) is 0. The van der Waals surface area contributed by atoms with Crippen molar-refractivity contribution >= 4 is 36.7 Å². The van der Waals surface area contributed by atoms with E-state index in [1.807, 2.05) is 24.3 Å². The number of hydrogen-bond acceptors (Lipinski definition) is 9. The number of esters is 1. The molecule has 2 heterocycles. The maximum atomic E-state index is 15.9. The van der Waals surface area contributed by atoms with Gasteiger partial charge in [-0.25, -0.2) is 30.2 Å². The monoisotopic (exact) mass is 730 g/mol. The lowest BCUT2D eigenvalue weighted by Crippen LogP contribution is -2.14. The van der Waals surface area contributed by atoms with Crippen LogP contribution < -0.4 is 4.74 Å². The van der Waals surface area contributed by atoms with Crippen molar-refractivity contribution < 1.29 is 35.5 Å². The van der Waals surface area contributed by atoms with Crippen LogP contribution in [0.4, 0.5) is 4.39 Å². The van der Waals surface area contributed by atoms with Crippen molar-refractivity contribution in [1.29, 1.82) is 0 Å². The second-order valence-corrected chi connectivity index (χ2v) is 15.8. The number of ether oxygens (including phenoxy) is 2. The Kier molecular flexibility index (Phi) is 10.1. The van der Waals surface area contributed by atoms with Crippen LogP contribution >= 0.6 is 0 Å². The van der Waals surface area contributed by atoms with Crippen LogP contribution in [0, 0.1) is 5.82 Å². The molecular formula is C37H35FN4O7S2. The molecule has 0 atom stereocenters. The van der Waals surface area contributed by atoms with E-state index in [-0.39, 0.29) is 34.8 Å². The van der Waals surface area contributed by atoms with Gasteiger partial charge in [-0.15, -0.1) is 0 Å². The van der Waals surface area contributed by atoms with Crippen molar-refractivity contribution in [3.05, 3.63) is 126 Å². The standard InChI is InChI=1S/C37H35FN4O7S2/c1-4-48-34(43)17-16-25-12-8-13-27(20-25)21-33-39-37(40-41(33)2)28-14-9-15-29(22-28)49-35-31(38)23-32-30(36(35)50(3,44)45)18-19-42(32)51(46,47)24-26-10-6-5-7-11-26/h5-15,18-20,22-23H,4,16-17,21,24H2,1-3H3. The molecule has 0 aliphatic carbocycles. The van der Waals surface area contributed by atoms with Crippen molar-refractivity contribution in [1.82, 2.24) is 18.7 Å². The van der Waals surface area contributed by atoms with E-state index < -0.39 is 36.3 Å². The first-order valence-electron chi connectivity index (χ1n) is 16.0. The number of aromatic nitrogens is 4. The molecule has 0 bridgehead atoms. The Morgan fingerprint density at radius 2 is 1.61 bits per heavy atom. The molecule has 2 aromatic heterocycles. The smallest absolute Gasteiger partial charge is 0.306 e. The molecule has 6 aromatic rings. The summed E-state index contributed by atoms with van der Waals surface area (Å²) in [5, 5.41) is 4.56. The molecule has 0 N–H and O–H groups in total. The third kappa shape index (κ3) is 8.02. The highest BCUT2D eigenvalue weighted by Gasteiger charge is 2.28. The third-order valence-corrected chi connectivity index (χ3v) is 10.9. The maximum Gasteiger partial charge on any atom is 0.306 e. The molecule has 6 rings (SSSR count). The van der Waals surface area contributed by atoms with E-state index in [0.29, 0.717) is 42.2 Å². The Hall–Kier alpha value is -5.34. The molecule has 0 saturated carbocycles. The Labute approximate surface area is 295 Å². The zero-order valence-electron chi connectivity index (χ0n) is 28.1. The van der Waals surface area contributed by atoms with Gasteiger partial charge < -0.3 is 9.47 Å². The summed E-state index contributed by atoms with van der Waals surface area (Å²) in [6.45, 7) is 2.12. The van der Waals surface area contributed by atoms with E-state index in [1.165, 1.54) is 12.3 Å². The van der Waals surface area contributed by atoms with Gasteiger partial charge in [0.1, 0.15) is 16.5 Å². The summed E-state index contributed by atoms with van der Waals surface area (Å²) in [5.74, 6) is -1.06. The second-order valence-electron chi connectivity index (χ2n) is 12.0. The van der Waals surface area contributed by atoms with Gasteiger partial charge >= 0.3 is 5.97 Å². The number of benzene rings is 4. The molecule has 0 aliphatic rings. The minimum atomic E-state index is -4.13. The number of sulfone groups is 1. The average molecular weight is 731 g/mol. The Bertz CT molecular complexity index is 2460. The van der Waals surface area contributed by atoms with Gasteiger partial charge in [0.05, 0.1) is 17.9 Å². The second kappa shape index (κ2) is 14.5. The van der Waals surface area contributed by atoms with E-state index in [1.54, 1.807) is 73.3 Å². The molecule has 0 radical (unpaired) electrons. The molecule has 264 valence electrons. The third-order valence-electron chi connectivity index (χ3n) is 8.13. The average Bonchev–Trinajstić information content (AvgIpc) is 3.67. The summed E-state index contributed by atoms with van der Waals surface area (Å²) in [7, 11) is -6.39. The quantitative estimate of drug-likeness (QED) is 0.126. The van der Waals surface area contributed by atoms with Crippen LogP contribution in [-0.2, 0) is 55.0 Å². The zero-order chi connectivity index (χ0) is 36.3. The van der Waals surface area contributed by atoms with Crippen LogP contribution in [0.3, 0.4) is 0 Å². The molecule has 0 saturated heterocycles. The first-order valence-corrected chi connectivity index (χ1v) is 19.5. The van der Waals surface area contributed by atoms with Gasteiger partial charge in [-0.1, -0.05) is 66.7 Å². The van der Waals surface area contributed by atoms with Gasteiger partial charge in [0.25, 0.3) is 0 Å². The van der Waals surface area contributed by atoms with Crippen molar-refractivity contribution in [2.24, 2.45) is 7.05 Å². The molecular weight excluding hydrogens is 696 g/mol. The Morgan fingerprint density at radius 1 is 0.882 bits per heavy atom. The fraction of sp³-hybridized carbons (Fsp3) is 0.216. The molecule has 51 heavy (non-hydrogen) atoms. The minimum absolute atomic E-state index is 0.00249. The van der Waals surface area contributed by atoms with Crippen LogP contribution in [0.1, 0.15) is 35.9 Å². The molecule has 11 nitrogen and oxygen atoms in total. The largest absolute Gasteiger partial charge is 0.466 e. The highest BCUT2D eigenvalue weighted by Crippen LogP contribution is 2.39. The molecule has 14 heteroatoms. The fourth-order valence-corrected chi connectivity index (χ4v) is 8.30. The number of nitrogens with zero attached hydrogens (tertiary/aromatic N) is 4. The van der Waals surface area contributed by atoms with Crippen LogP contribution in [0.25, 0.3) is 22.3 Å². The van der Waals surface area contributed by atoms with Gasteiger partial charge in [-0.3, -0.25) is 9.48 Å². The number of aryl methyl sites for hydroxylation is 2. The first-order chi connectivity index (χ1) is 24.3. The molecule has 0 amide bonds. The summed E-state index contributed by atoms with van der Waals surface area (Å²) < 4.78 is 82.2. The number of carbonyl (C=O) groups excluding carboxylic acids is 1. The molecule has 0 fully saturated rings. The summed E-state index contributed by atoms with van der Waals surface area (Å²) in [6.07, 6.45) is 3.44. The van der Waals surface area contributed by atoms with Crippen LogP contribution in [0.2, 0.25) is 0 Å². The first kappa shape index (κ1) is 35.5. The fourth-order valence-electron chi connectivity index (χ4n) is 5.80. The van der Waals surface area contributed by atoms with Gasteiger partial charge in [0.15, 0.2) is 27.2 Å². The van der Waals surface area contributed by atoms with E-state index >= 15 is 4.39 Å². The van der Waals surface area contributed by atoms with Crippen LogP contribution in [-0.4, -0.2) is 54.4 Å². The van der Waals surface area contributed by atoms with Crippen molar-refractivity contribution in [3.63, 3.8) is 0 Å².